The Morgan fingerprint density at radius 3 is 2.96 bits per heavy atom. The fourth-order valence-electron chi connectivity index (χ4n) is 2.99. The highest BCUT2D eigenvalue weighted by atomic mass is 19.3. The summed E-state index contributed by atoms with van der Waals surface area (Å²) in [5.74, 6) is 0.926. The van der Waals surface area contributed by atoms with E-state index in [4.69, 9.17) is 0 Å². The number of alkyl halides is 2. The van der Waals surface area contributed by atoms with E-state index in [0.717, 1.165) is 37.3 Å². The normalized spacial score (nSPS) is 16.5. The fourth-order valence-corrected chi connectivity index (χ4v) is 2.99. The molecule has 0 unspecified atom stereocenters. The zero-order valence-corrected chi connectivity index (χ0v) is 14.4. The van der Waals surface area contributed by atoms with Crippen molar-refractivity contribution in [2.24, 2.45) is 4.99 Å². The Kier molecular flexibility index (Phi) is 5.99. The van der Waals surface area contributed by atoms with Crippen LogP contribution in [0.5, 0.6) is 0 Å². The summed E-state index contributed by atoms with van der Waals surface area (Å²) < 4.78 is 25.9. The number of fused-ring (bicyclic) bond motifs is 1. The van der Waals surface area contributed by atoms with E-state index in [1.54, 1.807) is 6.07 Å². The number of anilines is 1. The van der Waals surface area contributed by atoms with Gasteiger partial charge in [0.1, 0.15) is 5.84 Å². The average Bonchev–Trinajstić information content (AvgIpc) is 2.84. The van der Waals surface area contributed by atoms with Gasteiger partial charge in [-0.25, -0.2) is 13.6 Å². The van der Waals surface area contributed by atoms with Crippen molar-refractivity contribution in [3.05, 3.63) is 53.3 Å². The lowest BCUT2D eigenvalue weighted by Gasteiger charge is -2.18. The van der Waals surface area contributed by atoms with Crippen LogP contribution in [0.4, 0.5) is 19.3 Å². The van der Waals surface area contributed by atoms with Gasteiger partial charge in [-0.05, 0) is 30.9 Å². The molecule has 1 aromatic rings. The predicted molar refractivity (Wildman–Crippen MR) is 98.5 cm³/mol. The lowest BCUT2D eigenvalue weighted by atomic mass is 10.1. The molecule has 3 rings (SSSR count). The molecule has 3 N–H and O–H groups in total. The van der Waals surface area contributed by atoms with E-state index in [1.807, 2.05) is 0 Å². The molecular formula is C19H22F2N4O. The molecule has 2 heterocycles. The van der Waals surface area contributed by atoms with E-state index in [-0.39, 0.29) is 11.3 Å². The van der Waals surface area contributed by atoms with Gasteiger partial charge < -0.3 is 16.0 Å². The number of benzene rings is 1. The van der Waals surface area contributed by atoms with Crippen LogP contribution < -0.4 is 16.0 Å². The zero-order chi connectivity index (χ0) is 18.4. The number of nitrogens with zero attached hydrogens (tertiary/aromatic N) is 1. The topological polar surface area (TPSA) is 65.5 Å². The Morgan fingerprint density at radius 1 is 1.27 bits per heavy atom. The lowest BCUT2D eigenvalue weighted by molar-refractivity contribution is 0.152. The molecule has 2 aliphatic heterocycles. The Labute approximate surface area is 151 Å². The number of para-hydroxylation sites is 1. The highest BCUT2D eigenvalue weighted by Gasteiger charge is 2.16. The van der Waals surface area contributed by atoms with E-state index in [9.17, 15) is 13.6 Å². The summed E-state index contributed by atoms with van der Waals surface area (Å²) in [7, 11) is 0. The number of halogens is 2. The van der Waals surface area contributed by atoms with Gasteiger partial charge in [0.2, 0.25) is 0 Å². The van der Waals surface area contributed by atoms with Crippen molar-refractivity contribution in [1.82, 2.24) is 10.6 Å². The van der Waals surface area contributed by atoms with Gasteiger partial charge >= 0.3 is 6.03 Å². The van der Waals surface area contributed by atoms with E-state index < -0.39 is 12.5 Å². The number of rotatable bonds is 5. The summed E-state index contributed by atoms with van der Waals surface area (Å²) in [5.41, 5.74) is 2.18. The van der Waals surface area contributed by atoms with Crippen LogP contribution in [0.15, 0.2) is 52.7 Å². The molecule has 0 saturated carbocycles. The molecule has 2 aliphatic rings. The van der Waals surface area contributed by atoms with Crippen LogP contribution in [0.2, 0.25) is 0 Å². The highest BCUT2D eigenvalue weighted by molar-refractivity contribution is 6.00. The summed E-state index contributed by atoms with van der Waals surface area (Å²) in [4.78, 5) is 16.5. The molecule has 0 aromatic heterocycles. The van der Waals surface area contributed by atoms with Crippen molar-refractivity contribution < 1.29 is 13.6 Å². The number of allylic oxidation sites excluding steroid dienone is 2. The molecule has 0 bridgehead atoms. The molecular weight excluding hydrogens is 338 g/mol. The molecule has 7 heteroatoms. The molecule has 0 aliphatic carbocycles. The van der Waals surface area contributed by atoms with Crippen molar-refractivity contribution in [3.8, 4) is 0 Å². The average molecular weight is 360 g/mol. The maximum Gasteiger partial charge on any atom is 0.319 e. The van der Waals surface area contributed by atoms with Gasteiger partial charge in [-0.2, -0.15) is 0 Å². The number of amides is 2. The van der Waals surface area contributed by atoms with Crippen molar-refractivity contribution in [2.75, 3.05) is 18.4 Å². The first kappa shape index (κ1) is 18.1. The van der Waals surface area contributed by atoms with Gasteiger partial charge in [0.25, 0.3) is 6.43 Å². The first-order valence-electron chi connectivity index (χ1n) is 8.75. The van der Waals surface area contributed by atoms with Crippen LogP contribution in [0.3, 0.4) is 0 Å². The standard InChI is InChI=1S/C19H22F2N4O/c20-17(21)15-8-1-2-9-16(15)25-19(26)23-12-10-14-7-3-5-13-6-4-11-22-18(13)24-14/h1-2,5,7-9,17H,3-4,6,10-12H2,(H,22,24)(H2,23,25,26). The minimum atomic E-state index is -2.63. The largest absolute Gasteiger partial charge is 0.344 e. The second-order valence-corrected chi connectivity index (χ2v) is 6.17. The molecule has 26 heavy (non-hydrogen) atoms. The number of amidine groups is 1. The number of hydrogen-bond acceptors (Lipinski definition) is 3. The number of nitrogens with one attached hydrogen (secondary N) is 3. The molecule has 0 fully saturated rings. The van der Waals surface area contributed by atoms with E-state index >= 15 is 0 Å². The smallest absolute Gasteiger partial charge is 0.319 e. The monoisotopic (exact) mass is 360 g/mol. The molecule has 0 radical (unpaired) electrons. The number of carbonyl (C=O) groups is 1. The Bertz CT molecular complexity index is 756. The first-order valence-corrected chi connectivity index (χ1v) is 8.75. The number of carbonyl (C=O) groups excluding carboxylic acids is 1. The molecule has 1 aromatic carbocycles. The first-order chi connectivity index (χ1) is 12.6. The third kappa shape index (κ3) is 4.68. The zero-order valence-electron chi connectivity index (χ0n) is 14.4. The second-order valence-electron chi connectivity index (χ2n) is 6.17. The van der Waals surface area contributed by atoms with Crippen LogP contribution in [0.1, 0.15) is 37.7 Å². The lowest BCUT2D eigenvalue weighted by Crippen LogP contribution is -2.32. The van der Waals surface area contributed by atoms with Gasteiger partial charge in [-0.15, -0.1) is 0 Å². The van der Waals surface area contributed by atoms with Crippen LogP contribution >= 0.6 is 0 Å². The number of hydrogen-bond donors (Lipinski definition) is 3. The molecule has 5 nitrogen and oxygen atoms in total. The summed E-state index contributed by atoms with van der Waals surface area (Å²) >= 11 is 0. The van der Waals surface area contributed by atoms with E-state index in [1.165, 1.54) is 23.8 Å². The maximum absolute atomic E-state index is 12.9. The number of urea groups is 1. The van der Waals surface area contributed by atoms with Gasteiger partial charge in [-0.1, -0.05) is 30.4 Å². The Balaban J connectivity index is 1.49. The van der Waals surface area contributed by atoms with E-state index in [0.29, 0.717) is 13.0 Å². The van der Waals surface area contributed by atoms with Crippen molar-refractivity contribution >= 4 is 17.6 Å². The second kappa shape index (κ2) is 8.60. The molecule has 0 spiro atoms. The van der Waals surface area contributed by atoms with Gasteiger partial charge in [0, 0.05) is 30.8 Å². The van der Waals surface area contributed by atoms with E-state index in [2.05, 4.69) is 33.1 Å². The minimum Gasteiger partial charge on any atom is -0.344 e. The summed E-state index contributed by atoms with van der Waals surface area (Å²) in [6, 6.07) is 5.39. The molecule has 138 valence electrons. The van der Waals surface area contributed by atoms with Crippen molar-refractivity contribution in [1.29, 1.82) is 0 Å². The maximum atomic E-state index is 12.9. The van der Waals surface area contributed by atoms with Gasteiger partial charge in [0.15, 0.2) is 0 Å². The Morgan fingerprint density at radius 2 is 2.12 bits per heavy atom. The SMILES string of the molecule is O=C(NCCC1=CCC=C2CCCN=C2N1)Nc1ccccc1C(F)F. The van der Waals surface area contributed by atoms with Crippen molar-refractivity contribution in [2.45, 2.75) is 32.1 Å². The van der Waals surface area contributed by atoms with Crippen LogP contribution in [-0.2, 0) is 0 Å². The van der Waals surface area contributed by atoms with Crippen LogP contribution in [-0.4, -0.2) is 25.0 Å². The molecule has 2 amide bonds. The van der Waals surface area contributed by atoms with Crippen LogP contribution in [0.25, 0.3) is 0 Å². The summed E-state index contributed by atoms with van der Waals surface area (Å²) in [6.45, 7) is 1.22. The summed E-state index contributed by atoms with van der Waals surface area (Å²) in [5, 5.41) is 8.52. The highest BCUT2D eigenvalue weighted by Crippen LogP contribution is 2.26. The molecule has 0 atom stereocenters. The van der Waals surface area contributed by atoms with Crippen molar-refractivity contribution in [3.63, 3.8) is 0 Å². The Hall–Kier alpha value is -2.70. The third-order valence-electron chi connectivity index (χ3n) is 4.31. The molecule has 0 saturated heterocycles. The summed E-state index contributed by atoms with van der Waals surface area (Å²) in [6.07, 6.45) is 5.20. The van der Waals surface area contributed by atoms with Gasteiger partial charge in [-0.3, -0.25) is 4.99 Å². The van der Waals surface area contributed by atoms with Gasteiger partial charge in [0.05, 0.1) is 5.69 Å². The minimum absolute atomic E-state index is 0.122. The quantitative estimate of drug-likeness (QED) is 0.739. The predicted octanol–water partition coefficient (Wildman–Crippen LogP) is 4.13. The number of aliphatic imine (C=N–C) groups is 1. The fraction of sp³-hybridized carbons (Fsp3) is 0.368. The third-order valence-corrected chi connectivity index (χ3v) is 4.31. The van der Waals surface area contributed by atoms with Crippen LogP contribution in [0, 0.1) is 0 Å².